The van der Waals surface area contributed by atoms with Crippen molar-refractivity contribution in [3.05, 3.63) is 96.6 Å². The van der Waals surface area contributed by atoms with Crippen LogP contribution in [0, 0.1) is 0 Å². The van der Waals surface area contributed by atoms with Gasteiger partial charge >= 0.3 is 0 Å². The van der Waals surface area contributed by atoms with E-state index in [9.17, 15) is 4.79 Å². The molecule has 0 aliphatic heterocycles. The molecule has 4 aromatic rings. The van der Waals surface area contributed by atoms with Gasteiger partial charge in [-0.05, 0) is 52.9 Å². The Balaban J connectivity index is 1.47. The molecule has 0 fully saturated rings. The molecule has 0 unspecified atom stereocenters. The van der Waals surface area contributed by atoms with Gasteiger partial charge in [0.25, 0.3) is 0 Å². The van der Waals surface area contributed by atoms with Crippen molar-refractivity contribution in [1.29, 1.82) is 0 Å². The Morgan fingerprint density at radius 1 is 0.946 bits per heavy atom. The van der Waals surface area contributed by atoms with Gasteiger partial charge in [0.1, 0.15) is 5.75 Å². The molecule has 8 heteroatoms. The largest absolute Gasteiger partial charge is 0.497 e. The molecule has 0 aliphatic carbocycles. The first-order chi connectivity index (χ1) is 17.8. The van der Waals surface area contributed by atoms with E-state index in [2.05, 4.69) is 72.7 Å². The van der Waals surface area contributed by atoms with Crippen LogP contribution >= 0.6 is 11.8 Å². The van der Waals surface area contributed by atoms with Gasteiger partial charge < -0.3 is 4.74 Å². The first kappa shape index (κ1) is 26.0. The second kappa shape index (κ2) is 11.3. The first-order valence-corrected chi connectivity index (χ1v) is 12.9. The van der Waals surface area contributed by atoms with Crippen LogP contribution in [-0.2, 0) is 10.2 Å². The van der Waals surface area contributed by atoms with Crippen LogP contribution in [0.3, 0.4) is 0 Å². The zero-order valence-corrected chi connectivity index (χ0v) is 22.3. The van der Waals surface area contributed by atoms with Crippen molar-refractivity contribution >= 4 is 23.4 Å². The summed E-state index contributed by atoms with van der Waals surface area (Å²) in [5, 5.41) is 9.53. The van der Waals surface area contributed by atoms with E-state index in [4.69, 9.17) is 4.74 Å². The van der Waals surface area contributed by atoms with Crippen molar-refractivity contribution in [3.8, 4) is 22.8 Å². The SMILES string of the molecule is C=C(NNC(=O)CSc1nnc(-c2ccc(C(C)(C)C)cc2)n1-c1ccccc1)c1ccc(OC)cc1. The third kappa shape index (κ3) is 6.40. The molecule has 0 atom stereocenters. The zero-order chi connectivity index (χ0) is 26.4. The number of rotatable bonds is 9. The fourth-order valence-corrected chi connectivity index (χ4v) is 4.41. The highest BCUT2D eigenvalue weighted by molar-refractivity contribution is 7.99. The molecular weight excluding hydrogens is 482 g/mol. The maximum atomic E-state index is 12.6. The first-order valence-electron chi connectivity index (χ1n) is 11.9. The third-order valence-electron chi connectivity index (χ3n) is 5.78. The molecule has 3 aromatic carbocycles. The predicted molar refractivity (Wildman–Crippen MR) is 150 cm³/mol. The molecular formula is C29H31N5O2S. The van der Waals surface area contributed by atoms with Crippen LogP contribution in [-0.4, -0.2) is 33.5 Å². The van der Waals surface area contributed by atoms with Crippen LogP contribution in [0.4, 0.5) is 0 Å². The fraction of sp³-hybridized carbons (Fsp3) is 0.207. The summed E-state index contributed by atoms with van der Waals surface area (Å²) in [5.74, 6) is 1.42. The number of hydrazine groups is 1. The highest BCUT2D eigenvalue weighted by Gasteiger charge is 2.19. The predicted octanol–water partition coefficient (Wildman–Crippen LogP) is 5.62. The van der Waals surface area contributed by atoms with Crippen LogP contribution < -0.4 is 15.6 Å². The Morgan fingerprint density at radius 3 is 2.24 bits per heavy atom. The number of hydrogen-bond acceptors (Lipinski definition) is 6. The Kier molecular flexibility index (Phi) is 7.98. The van der Waals surface area contributed by atoms with Crippen molar-refractivity contribution in [2.75, 3.05) is 12.9 Å². The summed E-state index contributed by atoms with van der Waals surface area (Å²) < 4.78 is 7.16. The highest BCUT2D eigenvalue weighted by atomic mass is 32.2. The number of aromatic nitrogens is 3. The van der Waals surface area contributed by atoms with E-state index in [0.29, 0.717) is 10.9 Å². The average Bonchev–Trinajstić information content (AvgIpc) is 3.34. The van der Waals surface area contributed by atoms with Crippen LogP contribution in [0.2, 0.25) is 0 Å². The summed E-state index contributed by atoms with van der Waals surface area (Å²) >= 11 is 1.32. The van der Waals surface area contributed by atoms with Crippen LogP contribution in [0.1, 0.15) is 31.9 Å². The molecule has 37 heavy (non-hydrogen) atoms. The smallest absolute Gasteiger partial charge is 0.248 e. The molecule has 0 bridgehead atoms. The summed E-state index contributed by atoms with van der Waals surface area (Å²) in [6.07, 6.45) is 0. The van der Waals surface area contributed by atoms with E-state index in [1.807, 2.05) is 59.2 Å². The Labute approximate surface area is 221 Å². The number of amides is 1. The quantitative estimate of drug-likeness (QED) is 0.223. The maximum Gasteiger partial charge on any atom is 0.248 e. The van der Waals surface area contributed by atoms with E-state index in [1.165, 1.54) is 17.3 Å². The summed E-state index contributed by atoms with van der Waals surface area (Å²) in [7, 11) is 1.62. The van der Waals surface area contributed by atoms with Gasteiger partial charge in [0.05, 0.1) is 18.6 Å². The molecule has 1 amide bonds. The van der Waals surface area contributed by atoms with Gasteiger partial charge in [-0.3, -0.25) is 20.2 Å². The molecule has 0 radical (unpaired) electrons. The van der Waals surface area contributed by atoms with Crippen LogP contribution in [0.5, 0.6) is 5.75 Å². The van der Waals surface area contributed by atoms with Gasteiger partial charge in [0, 0.05) is 11.3 Å². The molecule has 0 saturated heterocycles. The minimum absolute atomic E-state index is 0.0622. The molecule has 0 aliphatic rings. The Hall–Kier alpha value is -4.04. The summed E-state index contributed by atoms with van der Waals surface area (Å²) in [4.78, 5) is 12.6. The van der Waals surface area contributed by atoms with Crippen molar-refractivity contribution in [2.24, 2.45) is 0 Å². The second-order valence-electron chi connectivity index (χ2n) is 9.47. The average molecular weight is 514 g/mol. The Morgan fingerprint density at radius 2 is 1.62 bits per heavy atom. The number of ether oxygens (including phenoxy) is 1. The maximum absolute atomic E-state index is 12.6. The van der Waals surface area contributed by atoms with Gasteiger partial charge in [-0.25, -0.2) is 0 Å². The number of thioether (sulfide) groups is 1. The summed E-state index contributed by atoms with van der Waals surface area (Å²) in [6, 6.07) is 25.7. The van der Waals surface area contributed by atoms with Crippen molar-refractivity contribution < 1.29 is 9.53 Å². The minimum atomic E-state index is -0.210. The fourth-order valence-electron chi connectivity index (χ4n) is 3.66. The van der Waals surface area contributed by atoms with E-state index in [1.54, 1.807) is 7.11 Å². The summed E-state index contributed by atoms with van der Waals surface area (Å²) in [5.41, 5.74) is 10.2. The molecule has 1 aromatic heterocycles. The number of carbonyl (C=O) groups is 1. The molecule has 7 nitrogen and oxygen atoms in total. The van der Waals surface area contributed by atoms with E-state index in [0.717, 1.165) is 28.4 Å². The van der Waals surface area contributed by atoms with Gasteiger partial charge in [-0.1, -0.05) is 81.6 Å². The highest BCUT2D eigenvalue weighted by Crippen LogP contribution is 2.30. The summed E-state index contributed by atoms with van der Waals surface area (Å²) in [6.45, 7) is 10.6. The molecule has 1 heterocycles. The third-order valence-corrected chi connectivity index (χ3v) is 6.71. The lowest BCUT2D eigenvalue weighted by Gasteiger charge is -2.19. The van der Waals surface area contributed by atoms with Crippen LogP contribution in [0.15, 0.2) is 90.6 Å². The standard InChI is InChI=1S/C29H31N5O2S/c1-20(21-13-17-25(36-5)18-14-21)30-31-26(35)19-37-28-33-32-27(34(28)24-9-7-6-8-10-24)22-11-15-23(16-12-22)29(2,3)4/h6-18,30H,1,19H2,2-5H3,(H,31,35). The normalized spacial score (nSPS) is 11.1. The number of carbonyl (C=O) groups excluding carboxylic acids is 1. The number of methoxy groups -OCH3 is 1. The molecule has 4 rings (SSSR count). The monoisotopic (exact) mass is 513 g/mol. The van der Waals surface area contributed by atoms with Crippen molar-refractivity contribution in [3.63, 3.8) is 0 Å². The lowest BCUT2D eigenvalue weighted by atomic mass is 9.87. The lowest BCUT2D eigenvalue weighted by molar-refractivity contribution is -0.119. The molecule has 190 valence electrons. The zero-order valence-electron chi connectivity index (χ0n) is 21.5. The van der Waals surface area contributed by atoms with Gasteiger partial charge in [-0.2, -0.15) is 0 Å². The van der Waals surface area contributed by atoms with E-state index in [-0.39, 0.29) is 17.1 Å². The second-order valence-corrected chi connectivity index (χ2v) is 10.4. The van der Waals surface area contributed by atoms with Gasteiger partial charge in [-0.15, -0.1) is 10.2 Å². The molecule has 0 spiro atoms. The van der Waals surface area contributed by atoms with Gasteiger partial charge in [0.2, 0.25) is 5.91 Å². The van der Waals surface area contributed by atoms with Crippen LogP contribution in [0.25, 0.3) is 22.8 Å². The minimum Gasteiger partial charge on any atom is -0.497 e. The lowest BCUT2D eigenvalue weighted by Crippen LogP contribution is -2.37. The number of nitrogens with one attached hydrogen (secondary N) is 2. The Bertz CT molecular complexity index is 1360. The van der Waals surface area contributed by atoms with E-state index >= 15 is 0 Å². The number of para-hydroxylation sites is 1. The van der Waals surface area contributed by atoms with Crippen molar-refractivity contribution in [2.45, 2.75) is 31.3 Å². The van der Waals surface area contributed by atoms with E-state index < -0.39 is 0 Å². The molecule has 0 saturated carbocycles. The topological polar surface area (TPSA) is 81.1 Å². The number of hydrogen-bond donors (Lipinski definition) is 2. The number of nitrogens with zero attached hydrogens (tertiary/aromatic N) is 3. The van der Waals surface area contributed by atoms with Gasteiger partial charge in [0.15, 0.2) is 11.0 Å². The van der Waals surface area contributed by atoms with Crippen molar-refractivity contribution in [1.82, 2.24) is 25.6 Å². The molecule has 2 N–H and O–H groups in total. The number of benzene rings is 3.